The highest BCUT2D eigenvalue weighted by molar-refractivity contribution is 6.30. The van der Waals surface area contributed by atoms with Crippen LogP contribution in [0, 0.1) is 5.82 Å². The summed E-state index contributed by atoms with van der Waals surface area (Å²) in [4.78, 5) is 12.3. The number of rotatable bonds is 5. The molecule has 0 fully saturated rings. The first kappa shape index (κ1) is 16.2. The lowest BCUT2D eigenvalue weighted by atomic mass is 10.1. The van der Waals surface area contributed by atoms with E-state index in [1.54, 1.807) is 18.2 Å². The Morgan fingerprint density at radius 2 is 2.29 bits per heavy atom. The van der Waals surface area contributed by atoms with E-state index < -0.39 is 11.9 Å². The van der Waals surface area contributed by atoms with Crippen molar-refractivity contribution in [1.29, 1.82) is 0 Å². The SMILES string of the molecule is NC(CNC(=O)c1cn[nH]c1-c1ccco1)c1cc(F)cc(Cl)c1. The summed E-state index contributed by atoms with van der Waals surface area (Å²) in [6.07, 6.45) is 2.90. The van der Waals surface area contributed by atoms with Crippen LogP contribution in [0.3, 0.4) is 0 Å². The number of aromatic amines is 1. The van der Waals surface area contributed by atoms with Gasteiger partial charge in [0.25, 0.3) is 5.91 Å². The summed E-state index contributed by atoms with van der Waals surface area (Å²) in [6, 6.07) is 6.87. The van der Waals surface area contributed by atoms with Crippen molar-refractivity contribution < 1.29 is 13.6 Å². The van der Waals surface area contributed by atoms with Gasteiger partial charge in [-0.3, -0.25) is 9.89 Å². The Bertz CT molecular complexity index is 827. The van der Waals surface area contributed by atoms with Crippen LogP contribution < -0.4 is 11.1 Å². The van der Waals surface area contributed by atoms with Gasteiger partial charge >= 0.3 is 0 Å². The van der Waals surface area contributed by atoms with E-state index in [1.807, 2.05) is 0 Å². The highest BCUT2D eigenvalue weighted by Crippen LogP contribution is 2.22. The van der Waals surface area contributed by atoms with Crippen molar-refractivity contribution in [3.63, 3.8) is 0 Å². The summed E-state index contributed by atoms with van der Waals surface area (Å²) in [6.45, 7) is 0.112. The Morgan fingerprint density at radius 1 is 1.46 bits per heavy atom. The first-order chi connectivity index (χ1) is 11.5. The van der Waals surface area contributed by atoms with Crippen LogP contribution >= 0.6 is 11.6 Å². The van der Waals surface area contributed by atoms with Crippen LogP contribution in [-0.4, -0.2) is 22.6 Å². The Morgan fingerprint density at radius 3 is 3.00 bits per heavy atom. The number of H-pyrrole nitrogens is 1. The minimum absolute atomic E-state index is 0.112. The fraction of sp³-hybridized carbons (Fsp3) is 0.125. The fourth-order valence-corrected chi connectivity index (χ4v) is 2.50. The fourth-order valence-electron chi connectivity index (χ4n) is 2.27. The zero-order valence-corrected chi connectivity index (χ0v) is 13.2. The maximum absolute atomic E-state index is 13.4. The third kappa shape index (κ3) is 3.47. The number of nitrogens with two attached hydrogens (primary N) is 1. The van der Waals surface area contributed by atoms with Gasteiger partial charge in [0.1, 0.15) is 11.5 Å². The van der Waals surface area contributed by atoms with Gasteiger partial charge in [0.2, 0.25) is 0 Å². The Labute approximate surface area is 141 Å². The molecule has 6 nitrogen and oxygen atoms in total. The van der Waals surface area contributed by atoms with Crippen LogP contribution in [0.25, 0.3) is 11.5 Å². The monoisotopic (exact) mass is 348 g/mol. The Kier molecular flexibility index (Phi) is 4.64. The number of aromatic nitrogens is 2. The molecule has 2 heterocycles. The molecule has 24 heavy (non-hydrogen) atoms. The number of nitrogens with zero attached hydrogens (tertiary/aromatic N) is 1. The predicted molar refractivity (Wildman–Crippen MR) is 87.0 cm³/mol. The Balaban J connectivity index is 1.69. The third-order valence-electron chi connectivity index (χ3n) is 3.45. The minimum atomic E-state index is -0.596. The second kappa shape index (κ2) is 6.86. The Hall–Kier alpha value is -2.64. The molecule has 8 heteroatoms. The third-order valence-corrected chi connectivity index (χ3v) is 3.67. The topological polar surface area (TPSA) is 96.9 Å². The van der Waals surface area contributed by atoms with Gasteiger partial charge in [-0.15, -0.1) is 0 Å². The smallest absolute Gasteiger partial charge is 0.255 e. The first-order valence-corrected chi connectivity index (χ1v) is 7.49. The molecule has 3 aromatic rings. The number of carbonyl (C=O) groups is 1. The first-order valence-electron chi connectivity index (χ1n) is 7.11. The summed E-state index contributed by atoms with van der Waals surface area (Å²) in [5, 5.41) is 9.53. The average Bonchev–Trinajstić information content (AvgIpc) is 3.21. The standard InChI is InChI=1S/C16H14ClFN4O2/c17-10-4-9(5-11(18)6-10)13(19)8-20-16(23)12-7-21-22-15(12)14-2-1-3-24-14/h1-7,13H,8,19H2,(H,20,23)(H,21,22). The number of hydrogen-bond donors (Lipinski definition) is 3. The maximum atomic E-state index is 13.4. The molecule has 4 N–H and O–H groups in total. The molecule has 124 valence electrons. The molecule has 0 aliphatic carbocycles. The maximum Gasteiger partial charge on any atom is 0.255 e. The van der Waals surface area contributed by atoms with E-state index >= 15 is 0 Å². The van der Waals surface area contributed by atoms with Crippen LogP contribution in [-0.2, 0) is 0 Å². The highest BCUT2D eigenvalue weighted by Gasteiger charge is 2.18. The lowest BCUT2D eigenvalue weighted by molar-refractivity contribution is 0.0951. The van der Waals surface area contributed by atoms with E-state index in [2.05, 4.69) is 15.5 Å². The molecular weight excluding hydrogens is 335 g/mol. The van der Waals surface area contributed by atoms with Gasteiger partial charge in [0, 0.05) is 17.6 Å². The molecule has 3 rings (SSSR count). The van der Waals surface area contributed by atoms with Crippen molar-refractivity contribution in [1.82, 2.24) is 15.5 Å². The van der Waals surface area contributed by atoms with Gasteiger partial charge in [-0.05, 0) is 35.9 Å². The normalized spacial score (nSPS) is 12.1. The van der Waals surface area contributed by atoms with Gasteiger partial charge in [0.05, 0.1) is 18.0 Å². The minimum Gasteiger partial charge on any atom is -0.463 e. The molecule has 2 aromatic heterocycles. The van der Waals surface area contributed by atoms with Crippen LogP contribution in [0.1, 0.15) is 22.0 Å². The van der Waals surface area contributed by atoms with Crippen molar-refractivity contribution >= 4 is 17.5 Å². The zero-order chi connectivity index (χ0) is 17.1. The number of amides is 1. The van der Waals surface area contributed by atoms with E-state index in [9.17, 15) is 9.18 Å². The van der Waals surface area contributed by atoms with Crippen LogP contribution in [0.15, 0.2) is 47.2 Å². The molecular formula is C16H14ClFN4O2. The van der Waals surface area contributed by atoms with Crippen LogP contribution in [0.4, 0.5) is 4.39 Å². The molecule has 1 amide bonds. The number of benzene rings is 1. The summed E-state index contributed by atoms with van der Waals surface area (Å²) >= 11 is 5.81. The van der Waals surface area contributed by atoms with Gasteiger partial charge in [-0.25, -0.2) is 4.39 Å². The zero-order valence-electron chi connectivity index (χ0n) is 12.4. The van der Waals surface area contributed by atoms with Crippen molar-refractivity contribution in [2.24, 2.45) is 5.73 Å². The lowest BCUT2D eigenvalue weighted by Crippen LogP contribution is -2.32. The van der Waals surface area contributed by atoms with Gasteiger partial charge in [-0.2, -0.15) is 5.10 Å². The predicted octanol–water partition coefficient (Wildman–Crippen LogP) is 2.89. The highest BCUT2D eigenvalue weighted by atomic mass is 35.5. The number of nitrogens with one attached hydrogen (secondary N) is 2. The second-order valence-electron chi connectivity index (χ2n) is 5.16. The molecule has 0 radical (unpaired) electrons. The average molecular weight is 349 g/mol. The van der Waals surface area contributed by atoms with Gasteiger partial charge < -0.3 is 15.5 Å². The van der Waals surface area contributed by atoms with Crippen molar-refractivity contribution in [2.45, 2.75) is 6.04 Å². The molecule has 1 atom stereocenters. The summed E-state index contributed by atoms with van der Waals surface area (Å²) < 4.78 is 18.6. The van der Waals surface area contributed by atoms with E-state index in [0.29, 0.717) is 22.6 Å². The summed E-state index contributed by atoms with van der Waals surface area (Å²) in [5.74, 6) is -0.346. The molecule has 0 bridgehead atoms. The second-order valence-corrected chi connectivity index (χ2v) is 5.59. The van der Waals surface area contributed by atoms with E-state index in [0.717, 1.165) is 0 Å². The number of hydrogen-bond acceptors (Lipinski definition) is 4. The number of halogens is 2. The molecule has 0 aliphatic heterocycles. The number of furan rings is 1. The molecule has 0 spiro atoms. The van der Waals surface area contributed by atoms with Gasteiger partial charge in [-0.1, -0.05) is 11.6 Å². The lowest BCUT2D eigenvalue weighted by Gasteiger charge is -2.13. The number of carbonyl (C=O) groups excluding carboxylic acids is 1. The molecule has 0 saturated heterocycles. The van der Waals surface area contributed by atoms with Crippen molar-refractivity contribution in [3.8, 4) is 11.5 Å². The van der Waals surface area contributed by atoms with Gasteiger partial charge in [0.15, 0.2) is 5.76 Å². The molecule has 0 aliphatic rings. The van der Waals surface area contributed by atoms with E-state index in [1.165, 1.54) is 24.6 Å². The van der Waals surface area contributed by atoms with Crippen molar-refractivity contribution in [3.05, 3.63) is 64.8 Å². The quantitative estimate of drug-likeness (QED) is 0.660. The molecule has 1 unspecified atom stereocenters. The van der Waals surface area contributed by atoms with E-state index in [4.69, 9.17) is 21.8 Å². The largest absolute Gasteiger partial charge is 0.463 e. The molecule has 1 aromatic carbocycles. The van der Waals surface area contributed by atoms with Crippen LogP contribution in [0.2, 0.25) is 5.02 Å². The van der Waals surface area contributed by atoms with Crippen molar-refractivity contribution in [2.75, 3.05) is 6.54 Å². The summed E-state index contributed by atoms with van der Waals surface area (Å²) in [7, 11) is 0. The summed E-state index contributed by atoms with van der Waals surface area (Å²) in [5.41, 5.74) is 7.28. The van der Waals surface area contributed by atoms with E-state index in [-0.39, 0.29) is 17.5 Å². The molecule has 0 saturated carbocycles. The van der Waals surface area contributed by atoms with Crippen LogP contribution in [0.5, 0.6) is 0 Å².